The molecule has 0 aromatic carbocycles. The molecule has 1 aromatic rings. The lowest BCUT2D eigenvalue weighted by molar-refractivity contribution is -0.142. The van der Waals surface area contributed by atoms with Crippen LogP contribution < -0.4 is 0 Å². The summed E-state index contributed by atoms with van der Waals surface area (Å²) in [6.07, 6.45) is 2.04. The summed E-state index contributed by atoms with van der Waals surface area (Å²) in [7, 11) is 0. The van der Waals surface area contributed by atoms with E-state index in [4.69, 9.17) is 15.4 Å². The van der Waals surface area contributed by atoms with Crippen LogP contribution in [0.15, 0.2) is 24.4 Å². The van der Waals surface area contributed by atoms with Gasteiger partial charge in [0.15, 0.2) is 0 Å². The smallest absolute Gasteiger partial charge is 0.311 e. The highest BCUT2D eigenvalue weighted by molar-refractivity contribution is 5.95. The molecule has 1 atom stereocenters. The van der Waals surface area contributed by atoms with E-state index in [1.54, 1.807) is 25.3 Å². The van der Waals surface area contributed by atoms with Gasteiger partial charge in [0.05, 0.1) is 30.7 Å². The highest BCUT2D eigenvalue weighted by Crippen LogP contribution is 2.15. The van der Waals surface area contributed by atoms with Crippen molar-refractivity contribution in [3.8, 4) is 6.07 Å². The first-order valence-corrected chi connectivity index (χ1v) is 5.63. The van der Waals surface area contributed by atoms with E-state index < -0.39 is 5.97 Å². The predicted molar refractivity (Wildman–Crippen MR) is 66.2 cm³/mol. The fourth-order valence-electron chi connectivity index (χ4n) is 1.42. The minimum Gasteiger partial charge on any atom is -0.465 e. The standard InChI is InChI=1S/C13H15N3O2/c1-10(15)8-13(17)18-7-5-11(9-14)12-4-2-3-6-16-12/h2-4,6,11,15H,5,7-8H2,1H3. The van der Waals surface area contributed by atoms with E-state index in [0.29, 0.717) is 12.1 Å². The van der Waals surface area contributed by atoms with Gasteiger partial charge in [0.25, 0.3) is 0 Å². The fourth-order valence-corrected chi connectivity index (χ4v) is 1.42. The van der Waals surface area contributed by atoms with Gasteiger partial charge >= 0.3 is 5.97 Å². The molecule has 0 bridgehead atoms. The minimum atomic E-state index is -0.430. The molecule has 5 heteroatoms. The van der Waals surface area contributed by atoms with E-state index in [1.807, 2.05) is 6.07 Å². The number of carbonyl (C=O) groups excluding carboxylic acids is 1. The van der Waals surface area contributed by atoms with Gasteiger partial charge in [-0.1, -0.05) is 6.07 Å². The number of rotatable bonds is 6. The van der Waals surface area contributed by atoms with Gasteiger partial charge in [-0.25, -0.2) is 0 Å². The number of pyridine rings is 1. The molecule has 0 fully saturated rings. The van der Waals surface area contributed by atoms with Crippen LogP contribution in [0.3, 0.4) is 0 Å². The molecule has 0 aliphatic rings. The third kappa shape index (κ3) is 4.74. The molecular formula is C13H15N3O2. The van der Waals surface area contributed by atoms with E-state index in [2.05, 4.69) is 11.1 Å². The number of hydrogen-bond acceptors (Lipinski definition) is 5. The Hall–Kier alpha value is -2.22. The topological polar surface area (TPSA) is 86.8 Å². The van der Waals surface area contributed by atoms with E-state index in [-0.39, 0.29) is 24.7 Å². The minimum absolute atomic E-state index is 0.000801. The lowest BCUT2D eigenvalue weighted by atomic mass is 10.0. The molecule has 5 nitrogen and oxygen atoms in total. The summed E-state index contributed by atoms with van der Waals surface area (Å²) >= 11 is 0. The van der Waals surface area contributed by atoms with Crippen LogP contribution in [0.4, 0.5) is 0 Å². The van der Waals surface area contributed by atoms with Gasteiger partial charge < -0.3 is 10.1 Å². The van der Waals surface area contributed by atoms with Gasteiger partial charge in [0.1, 0.15) is 0 Å². The molecule has 94 valence electrons. The lowest BCUT2D eigenvalue weighted by Gasteiger charge is -2.08. The van der Waals surface area contributed by atoms with Gasteiger partial charge in [-0.2, -0.15) is 5.26 Å². The molecule has 0 amide bonds. The Labute approximate surface area is 106 Å². The van der Waals surface area contributed by atoms with Crippen molar-refractivity contribution in [3.05, 3.63) is 30.1 Å². The van der Waals surface area contributed by atoms with Crippen molar-refractivity contribution in [2.45, 2.75) is 25.7 Å². The highest BCUT2D eigenvalue weighted by Gasteiger charge is 2.12. The number of hydrogen-bond donors (Lipinski definition) is 1. The van der Waals surface area contributed by atoms with Gasteiger partial charge in [0.2, 0.25) is 0 Å². The summed E-state index contributed by atoms with van der Waals surface area (Å²) < 4.78 is 4.95. The molecule has 0 radical (unpaired) electrons. The second-order valence-electron chi connectivity index (χ2n) is 3.90. The Bertz CT molecular complexity index is 451. The molecule has 0 aliphatic carbocycles. The van der Waals surface area contributed by atoms with Crippen LogP contribution in [0.1, 0.15) is 31.4 Å². The van der Waals surface area contributed by atoms with Crippen molar-refractivity contribution in [1.82, 2.24) is 4.98 Å². The summed E-state index contributed by atoms with van der Waals surface area (Å²) in [5.74, 6) is -0.805. The van der Waals surface area contributed by atoms with E-state index in [0.717, 1.165) is 0 Å². The molecule has 0 saturated heterocycles. The zero-order valence-corrected chi connectivity index (χ0v) is 10.2. The maximum Gasteiger partial charge on any atom is 0.311 e. The average Bonchev–Trinajstić information content (AvgIpc) is 2.35. The Morgan fingerprint density at radius 3 is 2.94 bits per heavy atom. The fraction of sp³-hybridized carbons (Fsp3) is 0.385. The third-order valence-electron chi connectivity index (χ3n) is 2.28. The number of nitriles is 1. The van der Waals surface area contributed by atoms with Gasteiger partial charge in [-0.3, -0.25) is 9.78 Å². The quantitative estimate of drug-likeness (QED) is 0.613. The first-order valence-electron chi connectivity index (χ1n) is 5.63. The largest absolute Gasteiger partial charge is 0.465 e. The summed E-state index contributed by atoms with van der Waals surface area (Å²) in [5.41, 5.74) is 0.945. The molecule has 0 saturated carbocycles. The summed E-state index contributed by atoms with van der Waals surface area (Å²) in [5, 5.41) is 16.2. The maximum atomic E-state index is 11.2. The van der Waals surface area contributed by atoms with Crippen LogP contribution >= 0.6 is 0 Å². The van der Waals surface area contributed by atoms with Crippen molar-refractivity contribution in [2.75, 3.05) is 6.61 Å². The number of nitrogens with zero attached hydrogens (tertiary/aromatic N) is 2. The van der Waals surface area contributed by atoms with Crippen LogP contribution in [0, 0.1) is 16.7 Å². The first kappa shape index (κ1) is 13.8. The van der Waals surface area contributed by atoms with Crippen molar-refractivity contribution in [3.63, 3.8) is 0 Å². The van der Waals surface area contributed by atoms with Crippen LogP contribution in [0.5, 0.6) is 0 Å². The lowest BCUT2D eigenvalue weighted by Crippen LogP contribution is -2.11. The van der Waals surface area contributed by atoms with Crippen LogP contribution in [0.2, 0.25) is 0 Å². The van der Waals surface area contributed by atoms with E-state index in [9.17, 15) is 4.79 Å². The number of carbonyl (C=O) groups is 1. The summed E-state index contributed by atoms with van der Waals surface area (Å²) in [6.45, 7) is 1.72. The molecule has 0 spiro atoms. The monoisotopic (exact) mass is 245 g/mol. The van der Waals surface area contributed by atoms with Crippen LogP contribution in [-0.4, -0.2) is 23.3 Å². The normalized spacial score (nSPS) is 11.3. The highest BCUT2D eigenvalue weighted by atomic mass is 16.5. The first-order chi connectivity index (χ1) is 8.63. The van der Waals surface area contributed by atoms with E-state index in [1.165, 1.54) is 0 Å². The van der Waals surface area contributed by atoms with E-state index >= 15 is 0 Å². The van der Waals surface area contributed by atoms with Crippen LogP contribution in [-0.2, 0) is 9.53 Å². The zero-order valence-electron chi connectivity index (χ0n) is 10.2. The van der Waals surface area contributed by atoms with Crippen molar-refractivity contribution in [2.24, 2.45) is 0 Å². The van der Waals surface area contributed by atoms with Gasteiger partial charge in [0, 0.05) is 18.3 Å². The van der Waals surface area contributed by atoms with Gasteiger partial charge in [-0.05, 0) is 19.1 Å². The van der Waals surface area contributed by atoms with Crippen molar-refractivity contribution < 1.29 is 9.53 Å². The van der Waals surface area contributed by atoms with Crippen molar-refractivity contribution >= 4 is 11.7 Å². The molecule has 18 heavy (non-hydrogen) atoms. The average molecular weight is 245 g/mol. The molecular weight excluding hydrogens is 230 g/mol. The molecule has 0 aliphatic heterocycles. The summed E-state index contributed by atoms with van der Waals surface area (Å²) in [4.78, 5) is 15.3. The molecule has 1 aromatic heterocycles. The SMILES string of the molecule is CC(=N)CC(=O)OCCC(C#N)c1ccccn1. The van der Waals surface area contributed by atoms with Crippen molar-refractivity contribution in [1.29, 1.82) is 10.7 Å². The van der Waals surface area contributed by atoms with Gasteiger partial charge in [-0.15, -0.1) is 0 Å². The number of aromatic nitrogens is 1. The number of nitrogens with one attached hydrogen (secondary N) is 1. The number of esters is 1. The Morgan fingerprint density at radius 1 is 1.61 bits per heavy atom. The Balaban J connectivity index is 2.40. The Kier molecular flexibility index (Phi) is 5.52. The molecule has 1 N–H and O–H groups in total. The molecule has 1 unspecified atom stereocenters. The molecule has 1 heterocycles. The van der Waals surface area contributed by atoms with Crippen LogP contribution in [0.25, 0.3) is 0 Å². The zero-order chi connectivity index (χ0) is 13.4. The Morgan fingerprint density at radius 2 is 2.39 bits per heavy atom. The predicted octanol–water partition coefficient (Wildman–Crippen LogP) is 2.05. The summed E-state index contributed by atoms with van der Waals surface area (Å²) in [6, 6.07) is 7.51. The third-order valence-corrected chi connectivity index (χ3v) is 2.28. The number of ether oxygens (including phenoxy) is 1. The second kappa shape index (κ2) is 7.17. The maximum absolute atomic E-state index is 11.2. The molecule has 1 rings (SSSR count). The second-order valence-corrected chi connectivity index (χ2v) is 3.90.